The summed E-state index contributed by atoms with van der Waals surface area (Å²) in [5, 5.41) is 3.37. The van der Waals surface area contributed by atoms with Gasteiger partial charge in [0.25, 0.3) is 0 Å². The molecule has 134 valence electrons. The van der Waals surface area contributed by atoms with Crippen molar-refractivity contribution in [1.82, 2.24) is 0 Å². The molecule has 0 aromatic heterocycles. The van der Waals surface area contributed by atoms with Gasteiger partial charge in [-0.1, -0.05) is 51.1 Å². The molecule has 0 saturated heterocycles. The maximum atomic E-state index is 12.2. The van der Waals surface area contributed by atoms with E-state index in [0.29, 0.717) is 12.1 Å². The highest BCUT2D eigenvalue weighted by Gasteiger charge is 2.18. The molecule has 0 unspecified atom stereocenters. The van der Waals surface area contributed by atoms with Gasteiger partial charge in [0.05, 0.1) is 5.56 Å². The van der Waals surface area contributed by atoms with Crippen molar-refractivity contribution >= 4 is 11.7 Å². The molecule has 0 radical (unpaired) electrons. The van der Waals surface area contributed by atoms with Crippen molar-refractivity contribution in [2.45, 2.75) is 59.1 Å². The van der Waals surface area contributed by atoms with Crippen LogP contribution in [0.1, 0.15) is 63.0 Å². The molecule has 0 atom stereocenters. The molecule has 0 aliphatic rings. The molecule has 0 aliphatic heterocycles. The van der Waals surface area contributed by atoms with E-state index in [1.807, 2.05) is 39.0 Å². The monoisotopic (exact) mass is 339 g/mol. The van der Waals surface area contributed by atoms with Crippen LogP contribution in [0.15, 0.2) is 48.5 Å². The Bertz CT molecular complexity index is 719. The van der Waals surface area contributed by atoms with Gasteiger partial charge in [-0.2, -0.15) is 0 Å². The Hall–Kier alpha value is -2.29. The summed E-state index contributed by atoms with van der Waals surface area (Å²) in [5.74, 6) is -0.300. The van der Waals surface area contributed by atoms with Crippen LogP contribution in [-0.2, 0) is 16.7 Å². The van der Waals surface area contributed by atoms with Gasteiger partial charge in [0.15, 0.2) is 0 Å². The average Bonchev–Trinajstić information content (AvgIpc) is 2.51. The summed E-state index contributed by atoms with van der Waals surface area (Å²) in [6, 6.07) is 16.1. The minimum absolute atomic E-state index is 0.160. The first kappa shape index (κ1) is 19.0. The van der Waals surface area contributed by atoms with E-state index >= 15 is 0 Å². The van der Waals surface area contributed by atoms with Crippen molar-refractivity contribution < 1.29 is 9.53 Å². The molecule has 0 amide bonds. The Morgan fingerprint density at radius 1 is 0.960 bits per heavy atom. The Labute approximate surface area is 151 Å². The molecule has 0 fully saturated rings. The molecule has 2 aromatic carbocycles. The van der Waals surface area contributed by atoms with Crippen LogP contribution < -0.4 is 5.32 Å². The fourth-order valence-corrected chi connectivity index (χ4v) is 2.42. The Kier molecular flexibility index (Phi) is 5.56. The zero-order chi connectivity index (χ0) is 18.7. The number of benzene rings is 2. The number of carbonyl (C=O) groups excluding carboxylic acids is 1. The second-order valence-electron chi connectivity index (χ2n) is 8.38. The molecule has 0 bridgehead atoms. The molecule has 0 heterocycles. The van der Waals surface area contributed by atoms with E-state index < -0.39 is 5.60 Å². The number of carbonyl (C=O) groups is 1. The number of nitrogens with one attached hydrogen (secondary N) is 1. The van der Waals surface area contributed by atoms with E-state index in [2.05, 4.69) is 50.4 Å². The van der Waals surface area contributed by atoms with E-state index in [-0.39, 0.29) is 11.4 Å². The van der Waals surface area contributed by atoms with E-state index in [1.165, 1.54) is 11.1 Å². The number of esters is 1. The third-order valence-electron chi connectivity index (χ3n) is 3.81. The van der Waals surface area contributed by atoms with Crippen molar-refractivity contribution in [2.24, 2.45) is 0 Å². The van der Waals surface area contributed by atoms with Crippen molar-refractivity contribution in [2.75, 3.05) is 5.32 Å². The van der Waals surface area contributed by atoms with Crippen molar-refractivity contribution in [3.63, 3.8) is 0 Å². The first-order valence-electron chi connectivity index (χ1n) is 8.71. The highest BCUT2D eigenvalue weighted by molar-refractivity contribution is 5.90. The molecule has 25 heavy (non-hydrogen) atoms. The van der Waals surface area contributed by atoms with Gasteiger partial charge in [0.1, 0.15) is 5.60 Å². The summed E-state index contributed by atoms with van der Waals surface area (Å²) in [4.78, 5) is 12.2. The first-order chi connectivity index (χ1) is 11.5. The average molecular weight is 339 g/mol. The lowest BCUT2D eigenvalue weighted by Gasteiger charge is -2.20. The molecule has 1 N–H and O–H groups in total. The fourth-order valence-electron chi connectivity index (χ4n) is 2.42. The predicted molar refractivity (Wildman–Crippen MR) is 104 cm³/mol. The molecule has 0 spiro atoms. The van der Waals surface area contributed by atoms with Crippen molar-refractivity contribution in [1.29, 1.82) is 0 Å². The van der Waals surface area contributed by atoms with Crippen LogP contribution in [0.4, 0.5) is 5.69 Å². The quantitative estimate of drug-likeness (QED) is 0.742. The second-order valence-corrected chi connectivity index (χ2v) is 8.38. The Morgan fingerprint density at radius 2 is 1.60 bits per heavy atom. The smallest absolute Gasteiger partial charge is 0.338 e. The standard InChI is InChI=1S/C22H29NO2/c1-21(2,3)18-12-10-16(11-13-18)15-23-19-9-7-8-17(14-19)20(24)25-22(4,5)6/h7-14,23H,15H2,1-6H3. The molecular weight excluding hydrogens is 310 g/mol. The van der Waals surface area contributed by atoms with Crippen LogP contribution in [0.3, 0.4) is 0 Å². The van der Waals surface area contributed by atoms with Crippen molar-refractivity contribution in [3.05, 3.63) is 65.2 Å². The zero-order valence-corrected chi connectivity index (χ0v) is 16.1. The van der Waals surface area contributed by atoms with E-state index in [1.54, 1.807) is 6.07 Å². The fraction of sp³-hybridized carbons (Fsp3) is 0.409. The van der Waals surface area contributed by atoms with E-state index in [9.17, 15) is 4.79 Å². The van der Waals surface area contributed by atoms with Crippen molar-refractivity contribution in [3.8, 4) is 0 Å². The van der Waals surface area contributed by atoms with Gasteiger partial charge in [-0.05, 0) is 55.5 Å². The topological polar surface area (TPSA) is 38.3 Å². The molecular formula is C22H29NO2. The second kappa shape index (κ2) is 7.30. The molecule has 3 heteroatoms. The van der Waals surface area contributed by atoms with Gasteiger partial charge >= 0.3 is 5.97 Å². The van der Waals surface area contributed by atoms with Gasteiger partial charge in [-0.3, -0.25) is 0 Å². The number of hydrogen-bond donors (Lipinski definition) is 1. The van der Waals surface area contributed by atoms with Crippen LogP contribution in [-0.4, -0.2) is 11.6 Å². The number of anilines is 1. The summed E-state index contributed by atoms with van der Waals surface area (Å²) >= 11 is 0. The summed E-state index contributed by atoms with van der Waals surface area (Å²) in [6.45, 7) is 13.0. The van der Waals surface area contributed by atoms with Crippen LogP contribution in [0.25, 0.3) is 0 Å². The number of rotatable bonds is 4. The summed E-state index contributed by atoms with van der Waals surface area (Å²) in [6.07, 6.45) is 0. The minimum atomic E-state index is -0.491. The van der Waals surface area contributed by atoms with E-state index in [0.717, 1.165) is 5.69 Å². The lowest BCUT2D eigenvalue weighted by Crippen LogP contribution is -2.23. The third-order valence-corrected chi connectivity index (χ3v) is 3.81. The van der Waals surface area contributed by atoms with E-state index in [4.69, 9.17) is 4.74 Å². The largest absolute Gasteiger partial charge is 0.456 e. The lowest BCUT2D eigenvalue weighted by atomic mass is 9.87. The van der Waals surface area contributed by atoms with Gasteiger partial charge in [-0.15, -0.1) is 0 Å². The van der Waals surface area contributed by atoms with Gasteiger partial charge in [0.2, 0.25) is 0 Å². The highest BCUT2D eigenvalue weighted by Crippen LogP contribution is 2.22. The first-order valence-corrected chi connectivity index (χ1v) is 8.71. The number of hydrogen-bond acceptors (Lipinski definition) is 3. The maximum absolute atomic E-state index is 12.2. The molecule has 0 aliphatic carbocycles. The predicted octanol–water partition coefficient (Wildman–Crippen LogP) is 5.55. The molecule has 3 nitrogen and oxygen atoms in total. The zero-order valence-electron chi connectivity index (χ0n) is 16.1. The normalized spacial score (nSPS) is 11.9. The van der Waals surface area contributed by atoms with Gasteiger partial charge in [0, 0.05) is 12.2 Å². The lowest BCUT2D eigenvalue weighted by molar-refractivity contribution is 0.00696. The van der Waals surface area contributed by atoms with Crippen LogP contribution >= 0.6 is 0 Å². The summed E-state index contributed by atoms with van der Waals surface area (Å²) in [5.41, 5.74) is 3.66. The molecule has 0 saturated carbocycles. The highest BCUT2D eigenvalue weighted by atomic mass is 16.6. The minimum Gasteiger partial charge on any atom is -0.456 e. The Morgan fingerprint density at radius 3 is 2.16 bits per heavy atom. The molecule has 2 rings (SSSR count). The van der Waals surface area contributed by atoms with Gasteiger partial charge < -0.3 is 10.1 Å². The van der Waals surface area contributed by atoms with Crippen LogP contribution in [0.5, 0.6) is 0 Å². The third kappa shape index (κ3) is 5.93. The summed E-state index contributed by atoms with van der Waals surface area (Å²) in [7, 11) is 0. The van der Waals surface area contributed by atoms with Crippen LogP contribution in [0.2, 0.25) is 0 Å². The summed E-state index contributed by atoms with van der Waals surface area (Å²) < 4.78 is 5.42. The maximum Gasteiger partial charge on any atom is 0.338 e. The Balaban J connectivity index is 2.02. The van der Waals surface area contributed by atoms with Crippen LogP contribution in [0, 0.1) is 0 Å². The SMILES string of the molecule is CC(C)(C)OC(=O)c1cccc(NCc2ccc(C(C)(C)C)cc2)c1. The molecule has 2 aromatic rings. The van der Waals surface area contributed by atoms with Gasteiger partial charge in [-0.25, -0.2) is 4.79 Å². The number of ether oxygens (including phenoxy) is 1.